The molecule has 2 aliphatic heterocycles. The van der Waals surface area contributed by atoms with Crippen LogP contribution < -0.4 is 0 Å². The number of esters is 1. The second kappa shape index (κ2) is 11.1. The number of benzene rings is 1. The summed E-state index contributed by atoms with van der Waals surface area (Å²) in [6.07, 6.45) is 6.81. The lowest BCUT2D eigenvalue weighted by atomic mass is 9.71. The predicted octanol–water partition coefficient (Wildman–Crippen LogP) is 4.53. The fourth-order valence-corrected chi connectivity index (χ4v) is 5.64. The Balaban J connectivity index is 1.63. The number of hydrogen-bond acceptors (Lipinski definition) is 7. The van der Waals surface area contributed by atoms with Gasteiger partial charge in [-0.3, -0.25) is 14.6 Å². The molecule has 0 saturated carbocycles. The Morgan fingerprint density at radius 2 is 1.95 bits per heavy atom. The number of rotatable bonds is 2. The van der Waals surface area contributed by atoms with Crippen LogP contribution in [0.4, 0.5) is 0 Å². The van der Waals surface area contributed by atoms with Crippen molar-refractivity contribution in [2.45, 2.75) is 96.2 Å². The second-order valence-electron chi connectivity index (χ2n) is 11.8. The van der Waals surface area contributed by atoms with E-state index in [-0.39, 0.29) is 36.2 Å². The highest BCUT2D eigenvalue weighted by molar-refractivity contribution is 5.88. The Labute approximate surface area is 224 Å². The van der Waals surface area contributed by atoms with Crippen molar-refractivity contribution in [1.29, 1.82) is 0 Å². The molecule has 4 rings (SSSR count). The van der Waals surface area contributed by atoms with Crippen LogP contribution in [0, 0.1) is 29.6 Å². The van der Waals surface area contributed by atoms with Gasteiger partial charge in [0.1, 0.15) is 11.9 Å². The molecule has 0 bridgehead atoms. The fraction of sp³-hybridized carbons (Fsp3) is 0.581. The summed E-state index contributed by atoms with van der Waals surface area (Å²) in [6.45, 7) is 7.16. The van der Waals surface area contributed by atoms with Gasteiger partial charge in [0, 0.05) is 24.4 Å². The average Bonchev–Trinajstić information content (AvgIpc) is 3.53. The van der Waals surface area contributed by atoms with Crippen molar-refractivity contribution in [2.75, 3.05) is 0 Å². The lowest BCUT2D eigenvalue weighted by Gasteiger charge is -2.35. The summed E-state index contributed by atoms with van der Waals surface area (Å²) < 4.78 is 12.0. The Hall–Kier alpha value is -2.79. The molecule has 2 fully saturated rings. The number of aliphatic hydroxyl groups excluding tert-OH is 2. The number of ketones is 1. The van der Waals surface area contributed by atoms with E-state index in [0.29, 0.717) is 12.8 Å². The van der Waals surface area contributed by atoms with Crippen LogP contribution in [0.15, 0.2) is 36.5 Å². The molecule has 204 valence electrons. The zero-order valence-corrected chi connectivity index (χ0v) is 22.7. The van der Waals surface area contributed by atoms with Gasteiger partial charge in [0.15, 0.2) is 0 Å². The molecule has 38 heavy (non-hydrogen) atoms. The van der Waals surface area contributed by atoms with Gasteiger partial charge >= 0.3 is 5.97 Å². The maximum absolute atomic E-state index is 13.5. The smallest absolute Gasteiger partial charge is 0.309 e. The maximum Gasteiger partial charge on any atom is 0.309 e. The van der Waals surface area contributed by atoms with Gasteiger partial charge < -0.3 is 19.7 Å². The number of hydrogen-bond donors (Lipinski definition) is 2. The topological polar surface area (TPSA) is 109 Å². The lowest BCUT2D eigenvalue weighted by Crippen LogP contribution is -2.46. The van der Waals surface area contributed by atoms with Crippen LogP contribution in [0.1, 0.15) is 77.9 Å². The summed E-state index contributed by atoms with van der Waals surface area (Å²) in [5.74, 6) is 0.554. The summed E-state index contributed by atoms with van der Waals surface area (Å²) in [6, 6.07) is 9.64. The average molecular weight is 522 g/mol. The third-order valence-corrected chi connectivity index (χ3v) is 8.57. The molecule has 1 aromatic heterocycles. The molecule has 2 aromatic rings. The van der Waals surface area contributed by atoms with Gasteiger partial charge in [-0.05, 0) is 43.4 Å². The van der Waals surface area contributed by atoms with Crippen LogP contribution in [0.25, 0.3) is 10.9 Å². The Kier molecular flexibility index (Phi) is 8.27. The van der Waals surface area contributed by atoms with Crippen LogP contribution in [0.3, 0.4) is 0 Å². The Bertz CT molecular complexity index is 1220. The van der Waals surface area contributed by atoms with E-state index >= 15 is 0 Å². The van der Waals surface area contributed by atoms with E-state index in [1.54, 1.807) is 20.0 Å². The van der Waals surface area contributed by atoms with Gasteiger partial charge in [-0.15, -0.1) is 12.3 Å². The molecular weight excluding hydrogens is 482 g/mol. The summed E-state index contributed by atoms with van der Waals surface area (Å²) in [5, 5.41) is 23.1. The first-order chi connectivity index (χ1) is 18.0. The summed E-state index contributed by atoms with van der Waals surface area (Å²) in [5.41, 5.74) is -0.0544. The molecule has 0 spiro atoms. The Morgan fingerprint density at radius 1 is 1.18 bits per heavy atom. The number of nitrogens with zero attached hydrogens (tertiary/aromatic N) is 1. The van der Waals surface area contributed by atoms with E-state index in [4.69, 9.17) is 15.9 Å². The highest BCUT2D eigenvalue weighted by Crippen LogP contribution is 2.46. The lowest BCUT2D eigenvalue weighted by molar-refractivity contribution is -0.156. The molecule has 7 atom stereocenters. The van der Waals surface area contributed by atoms with Gasteiger partial charge in [0.05, 0.1) is 47.2 Å². The molecule has 0 amide bonds. The number of epoxide rings is 1. The molecule has 3 heterocycles. The van der Waals surface area contributed by atoms with E-state index < -0.39 is 35.6 Å². The van der Waals surface area contributed by atoms with Crippen LogP contribution in [-0.4, -0.2) is 50.9 Å². The standard InChI is InChI=1S/C31H39NO6/c1-6-9-22-28(35)19(2)10-7-14-31(5)26(38-31)17-24(21-13-12-20-11-8-15-32-23(20)16-21)37-27(34)18-25(33)30(3,4)29(22)36/h1,8,11-13,15-16,19,22,24-26,28,33,35H,7,9-10,14,17-18H2,2-5H3. The number of fused-ring (bicyclic) bond motifs is 2. The van der Waals surface area contributed by atoms with Gasteiger partial charge in [-0.1, -0.05) is 45.4 Å². The number of aromatic nitrogens is 1. The number of terminal acetylenes is 1. The van der Waals surface area contributed by atoms with Crippen LogP contribution >= 0.6 is 0 Å². The van der Waals surface area contributed by atoms with Gasteiger partial charge in [-0.2, -0.15) is 0 Å². The van der Waals surface area contributed by atoms with Crippen molar-refractivity contribution in [2.24, 2.45) is 17.3 Å². The molecular formula is C31H39NO6. The molecule has 2 aliphatic rings. The first-order valence-corrected chi connectivity index (χ1v) is 13.5. The molecule has 2 N–H and O–H groups in total. The fourth-order valence-electron chi connectivity index (χ4n) is 5.64. The molecule has 7 heteroatoms. The van der Waals surface area contributed by atoms with E-state index in [1.165, 1.54) is 0 Å². The van der Waals surface area contributed by atoms with Crippen molar-refractivity contribution in [3.8, 4) is 12.3 Å². The van der Waals surface area contributed by atoms with Gasteiger partial charge in [-0.25, -0.2) is 0 Å². The van der Waals surface area contributed by atoms with E-state index in [2.05, 4.69) is 17.8 Å². The highest BCUT2D eigenvalue weighted by Gasteiger charge is 2.53. The van der Waals surface area contributed by atoms with Crippen molar-refractivity contribution >= 4 is 22.7 Å². The predicted molar refractivity (Wildman–Crippen MR) is 144 cm³/mol. The molecule has 1 aromatic carbocycles. The molecule has 0 radical (unpaired) electrons. The number of carbonyl (C=O) groups excluding carboxylic acids is 2. The monoisotopic (exact) mass is 521 g/mol. The van der Waals surface area contributed by atoms with Gasteiger partial charge in [0.25, 0.3) is 0 Å². The van der Waals surface area contributed by atoms with Crippen molar-refractivity contribution in [3.63, 3.8) is 0 Å². The van der Waals surface area contributed by atoms with Crippen LogP contribution in [-0.2, 0) is 19.1 Å². The van der Waals surface area contributed by atoms with Crippen molar-refractivity contribution < 1.29 is 29.3 Å². The highest BCUT2D eigenvalue weighted by atomic mass is 16.6. The summed E-state index contributed by atoms with van der Waals surface area (Å²) in [7, 11) is 0. The van der Waals surface area contributed by atoms with E-state index in [9.17, 15) is 19.8 Å². The molecule has 2 saturated heterocycles. The minimum atomic E-state index is -1.31. The van der Waals surface area contributed by atoms with Gasteiger partial charge in [0.2, 0.25) is 0 Å². The first-order valence-electron chi connectivity index (χ1n) is 13.5. The number of ether oxygens (including phenoxy) is 2. The molecule has 0 aliphatic carbocycles. The van der Waals surface area contributed by atoms with E-state index in [0.717, 1.165) is 29.3 Å². The summed E-state index contributed by atoms with van der Waals surface area (Å²) in [4.78, 5) is 31.1. The quantitative estimate of drug-likeness (QED) is 0.339. The zero-order chi connectivity index (χ0) is 27.7. The van der Waals surface area contributed by atoms with Crippen molar-refractivity contribution in [3.05, 3.63) is 42.1 Å². The minimum Gasteiger partial charge on any atom is -0.457 e. The van der Waals surface area contributed by atoms with Crippen molar-refractivity contribution in [1.82, 2.24) is 4.98 Å². The normalized spacial score (nSPS) is 34.7. The maximum atomic E-state index is 13.5. The number of aliphatic hydroxyl groups is 2. The SMILES string of the molecule is C#CCC1C(=O)C(C)(C)C(O)CC(=O)OC(c2ccc3cccnc3c2)CC2OC2(C)CCCC(C)C1O. The van der Waals surface area contributed by atoms with Crippen LogP contribution in [0.2, 0.25) is 0 Å². The number of pyridine rings is 1. The third kappa shape index (κ3) is 5.93. The first kappa shape index (κ1) is 28.2. The third-order valence-electron chi connectivity index (χ3n) is 8.57. The van der Waals surface area contributed by atoms with E-state index in [1.807, 2.05) is 37.3 Å². The summed E-state index contributed by atoms with van der Waals surface area (Å²) >= 11 is 0. The van der Waals surface area contributed by atoms with Crippen LogP contribution in [0.5, 0.6) is 0 Å². The Morgan fingerprint density at radius 3 is 2.68 bits per heavy atom. The molecule has 7 unspecified atom stereocenters. The molecule has 7 nitrogen and oxygen atoms in total. The minimum absolute atomic E-state index is 0.0614. The largest absolute Gasteiger partial charge is 0.457 e. The zero-order valence-electron chi connectivity index (χ0n) is 22.7. The second-order valence-corrected chi connectivity index (χ2v) is 11.8. The number of carbonyl (C=O) groups is 2. The number of cyclic esters (lactones) is 1. The number of Topliss-reactive ketones (excluding diaryl/α,β-unsaturated/α-hetero) is 1.